The molecule has 0 radical (unpaired) electrons. The van der Waals surface area contributed by atoms with Crippen molar-refractivity contribution in [3.63, 3.8) is 0 Å². The van der Waals surface area contributed by atoms with Crippen LogP contribution in [0, 0.1) is 0 Å². The lowest BCUT2D eigenvalue weighted by atomic mass is 10.0. The highest BCUT2D eigenvalue weighted by Gasteiger charge is 2.22. The smallest absolute Gasteiger partial charge is 0.278 e. The largest absolute Gasteiger partial charge is 0.294 e. The Kier molecular flexibility index (Phi) is 5.32. The molecule has 144 valence electrons. The molecule has 0 spiro atoms. The van der Waals surface area contributed by atoms with Crippen LogP contribution in [0.15, 0.2) is 58.7 Å². The summed E-state index contributed by atoms with van der Waals surface area (Å²) in [6.07, 6.45) is -0.384. The maximum atomic E-state index is 12.7. The van der Waals surface area contributed by atoms with E-state index in [0.717, 1.165) is 26.5 Å². The van der Waals surface area contributed by atoms with Crippen molar-refractivity contribution in [1.29, 1.82) is 0 Å². The van der Waals surface area contributed by atoms with Crippen LogP contribution in [0.1, 0.15) is 17.5 Å². The number of nitrogens with zero attached hydrogens (tertiary/aromatic N) is 4. The molecule has 8 heteroatoms. The molecule has 1 unspecified atom stereocenters. The minimum absolute atomic E-state index is 0.103. The third-order valence-corrected chi connectivity index (χ3v) is 6.61. The first kappa shape index (κ1) is 18.9. The number of thiazole rings is 1. The maximum Gasteiger partial charge on any atom is 0.278 e. The predicted molar refractivity (Wildman–Crippen MR) is 117 cm³/mol. The number of benzene rings is 2. The number of anilines is 1. The van der Waals surface area contributed by atoms with Gasteiger partial charge in [0.05, 0.1) is 22.5 Å². The number of para-hydroxylation sites is 1. The van der Waals surface area contributed by atoms with E-state index in [-0.39, 0.29) is 22.8 Å². The first-order valence-corrected chi connectivity index (χ1v) is 11.2. The molecular weight excluding hydrogens is 398 g/mol. The fourth-order valence-electron chi connectivity index (χ4n) is 2.89. The summed E-state index contributed by atoms with van der Waals surface area (Å²) in [5.41, 5.74) is 3.31. The fourth-order valence-corrected chi connectivity index (χ4v) is 4.94. The van der Waals surface area contributed by atoms with Crippen LogP contribution in [0.25, 0.3) is 10.2 Å². The molecule has 0 saturated carbocycles. The summed E-state index contributed by atoms with van der Waals surface area (Å²) in [4.78, 5) is 4.74. The van der Waals surface area contributed by atoms with Gasteiger partial charge < -0.3 is 0 Å². The average Bonchev–Trinajstić information content (AvgIpc) is 3.33. The van der Waals surface area contributed by atoms with Crippen LogP contribution in [0.3, 0.4) is 0 Å². The van der Waals surface area contributed by atoms with Gasteiger partial charge in [-0.25, -0.2) is 13.8 Å². The van der Waals surface area contributed by atoms with Crippen LogP contribution in [0.5, 0.6) is 0 Å². The van der Waals surface area contributed by atoms with Crippen LogP contribution in [-0.4, -0.2) is 35.0 Å². The standard InChI is InChI=1S/C20H18F2N4S2/c1-28(2)26(20-23-15-5-3-4-6-18(15)27-20)12-13-7-9-14(10-8-13)16-11-17(19(21)22)25-24-16/h3-10,19H,1,11-12H2,2H3. The van der Waals surface area contributed by atoms with Gasteiger partial charge in [-0.05, 0) is 29.5 Å². The molecule has 1 aliphatic rings. The minimum Gasteiger partial charge on any atom is -0.294 e. The first-order chi connectivity index (χ1) is 13.5. The van der Waals surface area contributed by atoms with Gasteiger partial charge >= 0.3 is 0 Å². The fraction of sp³-hybridized carbons (Fsp3) is 0.200. The van der Waals surface area contributed by atoms with Crippen molar-refractivity contribution >= 4 is 54.6 Å². The van der Waals surface area contributed by atoms with Gasteiger partial charge in [0.1, 0.15) is 5.71 Å². The molecule has 4 rings (SSSR count). The molecule has 1 atom stereocenters. The van der Waals surface area contributed by atoms with E-state index < -0.39 is 6.43 Å². The Hall–Kier alpha value is -2.45. The predicted octanol–water partition coefficient (Wildman–Crippen LogP) is 5.36. The lowest BCUT2D eigenvalue weighted by Crippen LogP contribution is -2.15. The van der Waals surface area contributed by atoms with E-state index in [1.165, 1.54) is 0 Å². The summed E-state index contributed by atoms with van der Waals surface area (Å²) in [5, 5.41) is 8.42. The van der Waals surface area contributed by atoms with Crippen molar-refractivity contribution in [2.75, 3.05) is 10.6 Å². The van der Waals surface area contributed by atoms with E-state index in [1.807, 2.05) is 42.5 Å². The van der Waals surface area contributed by atoms with Gasteiger partial charge in [-0.1, -0.05) is 53.6 Å². The Labute approximate surface area is 168 Å². The molecule has 0 bridgehead atoms. The third kappa shape index (κ3) is 3.88. The summed E-state index contributed by atoms with van der Waals surface area (Å²) < 4.78 is 28.8. The number of aromatic nitrogens is 1. The van der Waals surface area contributed by atoms with E-state index in [2.05, 4.69) is 32.7 Å². The molecule has 1 aliphatic heterocycles. The van der Waals surface area contributed by atoms with Crippen molar-refractivity contribution < 1.29 is 8.78 Å². The topological polar surface area (TPSA) is 40.9 Å². The SMILES string of the molecule is C=S(C)N(Cc1ccc(C2=NN=C(C(F)F)C2)cc1)c1nc2ccccc2s1. The van der Waals surface area contributed by atoms with Crippen molar-refractivity contribution in [2.45, 2.75) is 19.4 Å². The van der Waals surface area contributed by atoms with Gasteiger partial charge in [-0.2, -0.15) is 10.2 Å². The first-order valence-electron chi connectivity index (χ1n) is 8.61. The van der Waals surface area contributed by atoms with Crippen molar-refractivity contribution in [2.24, 2.45) is 10.2 Å². The zero-order chi connectivity index (χ0) is 19.7. The van der Waals surface area contributed by atoms with E-state index in [4.69, 9.17) is 4.98 Å². The van der Waals surface area contributed by atoms with E-state index in [9.17, 15) is 8.78 Å². The molecule has 2 heterocycles. The Bertz CT molecular complexity index is 1050. The third-order valence-electron chi connectivity index (χ3n) is 4.39. The molecule has 0 N–H and O–H groups in total. The molecule has 0 aliphatic carbocycles. The second kappa shape index (κ2) is 7.89. The zero-order valence-corrected chi connectivity index (χ0v) is 16.8. The Balaban J connectivity index is 1.51. The second-order valence-electron chi connectivity index (χ2n) is 6.41. The van der Waals surface area contributed by atoms with Gasteiger partial charge in [-0.15, -0.1) is 10.7 Å². The monoisotopic (exact) mass is 416 g/mol. The number of hydrogen-bond acceptors (Lipinski definition) is 5. The number of halogens is 2. The quantitative estimate of drug-likeness (QED) is 0.508. The van der Waals surface area contributed by atoms with Crippen LogP contribution < -0.4 is 4.31 Å². The number of rotatable bonds is 6. The van der Waals surface area contributed by atoms with Gasteiger partial charge in [0, 0.05) is 6.42 Å². The summed E-state index contributed by atoms with van der Waals surface area (Å²) in [7, 11) is -0.243. The molecule has 2 aromatic carbocycles. The molecule has 1 aromatic heterocycles. The highest BCUT2D eigenvalue weighted by molar-refractivity contribution is 8.14. The summed E-state index contributed by atoms with van der Waals surface area (Å²) in [6, 6.07) is 15.9. The van der Waals surface area contributed by atoms with Gasteiger partial charge in [0.25, 0.3) is 6.43 Å². The highest BCUT2D eigenvalue weighted by Crippen LogP contribution is 2.34. The highest BCUT2D eigenvalue weighted by atomic mass is 32.2. The Morgan fingerprint density at radius 3 is 2.54 bits per heavy atom. The summed E-state index contributed by atoms with van der Waals surface area (Å²) in [5.74, 6) is 4.20. The molecule has 0 saturated heterocycles. The second-order valence-corrected chi connectivity index (χ2v) is 9.06. The van der Waals surface area contributed by atoms with Crippen molar-refractivity contribution in [3.05, 3.63) is 59.7 Å². The Morgan fingerprint density at radius 1 is 1.14 bits per heavy atom. The Morgan fingerprint density at radius 2 is 1.89 bits per heavy atom. The van der Waals surface area contributed by atoms with Crippen LogP contribution >= 0.6 is 22.0 Å². The lowest BCUT2D eigenvalue weighted by Gasteiger charge is -2.22. The summed E-state index contributed by atoms with van der Waals surface area (Å²) >= 11 is 1.66. The minimum atomic E-state index is -2.55. The van der Waals surface area contributed by atoms with E-state index in [0.29, 0.717) is 12.3 Å². The van der Waals surface area contributed by atoms with Crippen LogP contribution in [0.4, 0.5) is 13.9 Å². The molecule has 4 nitrogen and oxygen atoms in total. The zero-order valence-electron chi connectivity index (χ0n) is 15.2. The molecule has 0 fully saturated rings. The lowest BCUT2D eigenvalue weighted by molar-refractivity contribution is 0.224. The van der Waals surface area contributed by atoms with Crippen molar-refractivity contribution in [3.8, 4) is 0 Å². The van der Waals surface area contributed by atoms with E-state index >= 15 is 0 Å². The normalized spacial score (nSPS) is 15.0. The van der Waals surface area contributed by atoms with Crippen LogP contribution in [-0.2, 0) is 6.54 Å². The molecule has 0 amide bonds. The van der Waals surface area contributed by atoms with Gasteiger partial charge in [0.2, 0.25) is 0 Å². The molecule has 28 heavy (non-hydrogen) atoms. The average molecular weight is 417 g/mol. The number of alkyl halides is 2. The molecule has 3 aromatic rings. The molecular formula is C20H18F2N4S2. The van der Waals surface area contributed by atoms with E-state index in [1.54, 1.807) is 11.3 Å². The maximum absolute atomic E-state index is 12.7. The van der Waals surface area contributed by atoms with Crippen LogP contribution in [0.2, 0.25) is 0 Å². The van der Waals surface area contributed by atoms with Gasteiger partial charge in [-0.3, -0.25) is 4.31 Å². The number of hydrogen-bond donors (Lipinski definition) is 0. The number of fused-ring (bicyclic) bond motifs is 1. The summed E-state index contributed by atoms with van der Waals surface area (Å²) in [6.45, 7) is 0.675. The van der Waals surface area contributed by atoms with Crippen molar-refractivity contribution in [1.82, 2.24) is 4.98 Å². The van der Waals surface area contributed by atoms with Gasteiger partial charge in [0.15, 0.2) is 5.13 Å².